The topological polar surface area (TPSA) is 61.4 Å². The molecule has 2 aromatic rings. The molecule has 0 aliphatic rings. The molecule has 0 bridgehead atoms. The molecule has 0 unspecified atom stereocenters. The number of benzene rings is 2. The third-order valence-electron chi connectivity index (χ3n) is 2.85. The molecule has 0 aromatic heterocycles. The Balaban J connectivity index is 1.88. The molecule has 3 N–H and O–H groups in total. The second-order valence-electron chi connectivity index (χ2n) is 4.50. The van der Waals surface area contributed by atoms with Gasteiger partial charge < -0.3 is 15.7 Å². The Kier molecular flexibility index (Phi) is 5.55. The monoisotopic (exact) mass is 282 g/mol. The van der Waals surface area contributed by atoms with E-state index in [0.717, 1.165) is 16.8 Å². The summed E-state index contributed by atoms with van der Waals surface area (Å²) in [5.74, 6) is 0. The summed E-state index contributed by atoms with van der Waals surface area (Å²) in [5, 5.41) is 14.3. The smallest absolute Gasteiger partial charge is 0.319 e. The summed E-state index contributed by atoms with van der Waals surface area (Å²) in [6.07, 6.45) is 3.52. The fraction of sp³-hybridized carbons (Fsp3) is 0.118. The number of amides is 2. The second kappa shape index (κ2) is 7.87. The van der Waals surface area contributed by atoms with E-state index >= 15 is 0 Å². The molecule has 0 atom stereocenters. The van der Waals surface area contributed by atoms with E-state index in [4.69, 9.17) is 5.11 Å². The molecule has 0 saturated carbocycles. The van der Waals surface area contributed by atoms with Crippen molar-refractivity contribution in [2.45, 2.75) is 6.54 Å². The van der Waals surface area contributed by atoms with Gasteiger partial charge in [0.1, 0.15) is 0 Å². The van der Waals surface area contributed by atoms with Crippen LogP contribution in [-0.4, -0.2) is 17.7 Å². The van der Waals surface area contributed by atoms with E-state index in [0.29, 0.717) is 6.54 Å². The van der Waals surface area contributed by atoms with Crippen molar-refractivity contribution in [1.29, 1.82) is 0 Å². The third-order valence-corrected chi connectivity index (χ3v) is 2.85. The first kappa shape index (κ1) is 14.8. The van der Waals surface area contributed by atoms with E-state index in [1.165, 1.54) is 0 Å². The molecule has 4 nitrogen and oxygen atoms in total. The minimum Gasteiger partial charge on any atom is -0.392 e. The van der Waals surface area contributed by atoms with Gasteiger partial charge in [0.2, 0.25) is 0 Å². The van der Waals surface area contributed by atoms with Crippen LogP contribution < -0.4 is 10.6 Å². The van der Waals surface area contributed by atoms with E-state index in [-0.39, 0.29) is 12.6 Å². The molecule has 4 heteroatoms. The van der Waals surface area contributed by atoms with Crippen molar-refractivity contribution < 1.29 is 9.90 Å². The molecule has 2 amide bonds. The van der Waals surface area contributed by atoms with E-state index in [1.54, 1.807) is 6.08 Å². The van der Waals surface area contributed by atoms with Crippen LogP contribution in [0.2, 0.25) is 0 Å². The van der Waals surface area contributed by atoms with Crippen LogP contribution in [0.15, 0.2) is 60.7 Å². The number of carbonyl (C=O) groups is 1. The zero-order valence-corrected chi connectivity index (χ0v) is 11.6. The number of aliphatic hydroxyl groups is 1. The summed E-state index contributed by atoms with van der Waals surface area (Å²) in [7, 11) is 0. The minimum absolute atomic E-state index is 0.0158. The highest BCUT2D eigenvalue weighted by Gasteiger charge is 2.01. The van der Waals surface area contributed by atoms with Crippen molar-refractivity contribution in [2.75, 3.05) is 11.9 Å². The van der Waals surface area contributed by atoms with Crippen LogP contribution in [0, 0.1) is 0 Å². The Morgan fingerprint density at radius 3 is 2.67 bits per heavy atom. The quantitative estimate of drug-likeness (QED) is 0.789. The number of nitrogens with one attached hydrogen (secondary N) is 2. The standard InChI is InChI=1S/C17H18N2O2/c20-11-5-8-14-6-4-7-15(12-14)13-18-17(21)19-16-9-2-1-3-10-16/h1-10,12,20H,11,13H2,(H2,18,19,21). The van der Waals surface area contributed by atoms with Gasteiger partial charge in [0.05, 0.1) is 6.61 Å². The van der Waals surface area contributed by atoms with Crippen molar-refractivity contribution in [3.63, 3.8) is 0 Å². The molecule has 0 heterocycles. The van der Waals surface area contributed by atoms with Gasteiger partial charge in [-0.1, -0.05) is 48.6 Å². The molecule has 0 saturated heterocycles. The van der Waals surface area contributed by atoms with E-state index < -0.39 is 0 Å². The number of hydrogen-bond donors (Lipinski definition) is 3. The molecule has 0 spiro atoms. The second-order valence-corrected chi connectivity index (χ2v) is 4.50. The van der Waals surface area contributed by atoms with Gasteiger partial charge in [0, 0.05) is 12.2 Å². The highest BCUT2D eigenvalue weighted by Crippen LogP contribution is 2.08. The van der Waals surface area contributed by atoms with Crippen LogP contribution in [0.4, 0.5) is 10.5 Å². The average molecular weight is 282 g/mol. The third kappa shape index (κ3) is 5.12. The molecule has 21 heavy (non-hydrogen) atoms. The maximum atomic E-state index is 11.8. The zero-order valence-electron chi connectivity index (χ0n) is 11.6. The molecule has 0 aliphatic carbocycles. The molecular formula is C17H18N2O2. The van der Waals surface area contributed by atoms with Crippen molar-refractivity contribution in [1.82, 2.24) is 5.32 Å². The Bertz CT molecular complexity index is 609. The van der Waals surface area contributed by atoms with Crippen LogP contribution in [-0.2, 0) is 6.54 Å². The van der Waals surface area contributed by atoms with Crippen LogP contribution >= 0.6 is 0 Å². The van der Waals surface area contributed by atoms with Crippen LogP contribution in [0.1, 0.15) is 11.1 Å². The van der Waals surface area contributed by atoms with E-state index in [1.807, 2.05) is 60.7 Å². The summed E-state index contributed by atoms with van der Waals surface area (Å²) < 4.78 is 0. The van der Waals surface area contributed by atoms with Gasteiger partial charge in [-0.15, -0.1) is 0 Å². The highest BCUT2D eigenvalue weighted by atomic mass is 16.2. The Labute approximate surface area is 124 Å². The first-order valence-corrected chi connectivity index (χ1v) is 6.74. The number of anilines is 1. The number of hydrogen-bond acceptors (Lipinski definition) is 2. The number of aliphatic hydroxyl groups excluding tert-OH is 1. The van der Waals surface area contributed by atoms with Gasteiger partial charge in [-0.05, 0) is 29.3 Å². The van der Waals surface area contributed by atoms with Crippen molar-refractivity contribution in [2.24, 2.45) is 0 Å². The minimum atomic E-state index is -0.238. The lowest BCUT2D eigenvalue weighted by Crippen LogP contribution is -2.28. The molecule has 0 aliphatic heterocycles. The fourth-order valence-electron chi connectivity index (χ4n) is 1.87. The number of carbonyl (C=O) groups excluding carboxylic acids is 1. The lowest BCUT2D eigenvalue weighted by molar-refractivity contribution is 0.251. The van der Waals surface area contributed by atoms with Gasteiger partial charge >= 0.3 is 6.03 Å². The summed E-state index contributed by atoms with van der Waals surface area (Å²) >= 11 is 0. The molecular weight excluding hydrogens is 264 g/mol. The summed E-state index contributed by atoms with van der Waals surface area (Å²) in [6, 6.07) is 16.8. The predicted molar refractivity (Wildman–Crippen MR) is 84.9 cm³/mol. The maximum absolute atomic E-state index is 11.8. The molecule has 2 rings (SSSR count). The van der Waals surface area contributed by atoms with Gasteiger partial charge in [0.15, 0.2) is 0 Å². The van der Waals surface area contributed by atoms with Gasteiger partial charge in [-0.3, -0.25) is 0 Å². The van der Waals surface area contributed by atoms with Gasteiger partial charge in [-0.2, -0.15) is 0 Å². The van der Waals surface area contributed by atoms with Crippen LogP contribution in [0.3, 0.4) is 0 Å². The normalized spacial score (nSPS) is 10.5. The maximum Gasteiger partial charge on any atom is 0.319 e. The van der Waals surface area contributed by atoms with E-state index in [9.17, 15) is 4.79 Å². The molecule has 0 radical (unpaired) electrons. The molecule has 108 valence electrons. The summed E-state index contributed by atoms with van der Waals surface area (Å²) in [6.45, 7) is 0.460. The first-order chi connectivity index (χ1) is 10.3. The summed E-state index contributed by atoms with van der Waals surface area (Å²) in [4.78, 5) is 11.8. The molecule has 0 fully saturated rings. The Morgan fingerprint density at radius 2 is 1.90 bits per heavy atom. The molecule has 2 aromatic carbocycles. The number of rotatable bonds is 5. The van der Waals surface area contributed by atoms with Crippen LogP contribution in [0.5, 0.6) is 0 Å². The lowest BCUT2D eigenvalue weighted by atomic mass is 10.1. The fourth-order valence-corrected chi connectivity index (χ4v) is 1.87. The van der Waals surface area contributed by atoms with Crippen LogP contribution in [0.25, 0.3) is 6.08 Å². The Hall–Kier alpha value is -2.59. The average Bonchev–Trinajstić information content (AvgIpc) is 2.52. The van der Waals surface area contributed by atoms with Crippen molar-refractivity contribution in [3.8, 4) is 0 Å². The number of para-hydroxylation sites is 1. The lowest BCUT2D eigenvalue weighted by Gasteiger charge is -2.08. The van der Waals surface area contributed by atoms with Crippen molar-refractivity contribution in [3.05, 3.63) is 71.8 Å². The first-order valence-electron chi connectivity index (χ1n) is 6.74. The Morgan fingerprint density at radius 1 is 1.10 bits per heavy atom. The van der Waals surface area contributed by atoms with Crippen molar-refractivity contribution >= 4 is 17.8 Å². The van der Waals surface area contributed by atoms with Gasteiger partial charge in [-0.25, -0.2) is 4.79 Å². The number of urea groups is 1. The highest BCUT2D eigenvalue weighted by molar-refractivity contribution is 5.89. The van der Waals surface area contributed by atoms with E-state index in [2.05, 4.69) is 10.6 Å². The zero-order chi connectivity index (χ0) is 14.9. The largest absolute Gasteiger partial charge is 0.392 e. The predicted octanol–water partition coefficient (Wildman–Crippen LogP) is 3.01. The SMILES string of the molecule is O=C(NCc1cccc(C=CCO)c1)Nc1ccccc1. The van der Waals surface area contributed by atoms with Gasteiger partial charge in [0.25, 0.3) is 0 Å². The summed E-state index contributed by atoms with van der Waals surface area (Å²) in [5.41, 5.74) is 2.75.